The van der Waals surface area contributed by atoms with E-state index in [1.165, 1.54) is 32.1 Å². The number of benzene rings is 1. The average Bonchev–Trinajstić information content (AvgIpc) is 2.44. The first-order valence-corrected chi connectivity index (χ1v) is 7.78. The predicted octanol–water partition coefficient (Wildman–Crippen LogP) is 3.91. The molecule has 0 spiro atoms. The highest BCUT2D eigenvalue weighted by molar-refractivity contribution is 5.31. The lowest BCUT2D eigenvalue weighted by Crippen LogP contribution is -2.41. The molecule has 1 aromatic carbocycles. The molecule has 0 saturated heterocycles. The van der Waals surface area contributed by atoms with Gasteiger partial charge in [0.1, 0.15) is 11.5 Å². The van der Waals surface area contributed by atoms with Gasteiger partial charge in [-0.25, -0.2) is 0 Å². The zero-order valence-electron chi connectivity index (χ0n) is 12.6. The summed E-state index contributed by atoms with van der Waals surface area (Å²) < 4.78 is 10.9. The minimum absolute atomic E-state index is 0.0209. The van der Waals surface area contributed by atoms with Gasteiger partial charge in [0.2, 0.25) is 0 Å². The zero-order chi connectivity index (χ0) is 14.3. The van der Waals surface area contributed by atoms with Crippen LogP contribution in [0, 0.1) is 0 Å². The van der Waals surface area contributed by atoms with E-state index in [9.17, 15) is 0 Å². The Hall–Kier alpha value is -1.22. The van der Waals surface area contributed by atoms with Crippen LogP contribution < -0.4 is 15.2 Å². The van der Waals surface area contributed by atoms with E-state index in [2.05, 4.69) is 0 Å². The van der Waals surface area contributed by atoms with Gasteiger partial charge in [0.25, 0.3) is 0 Å². The molecule has 112 valence electrons. The second-order valence-electron chi connectivity index (χ2n) is 5.90. The molecule has 0 aromatic heterocycles. The van der Waals surface area contributed by atoms with E-state index in [1.54, 1.807) is 7.11 Å². The normalized spacial score (nSPS) is 18.9. The van der Waals surface area contributed by atoms with Gasteiger partial charge in [-0.15, -0.1) is 0 Å². The number of rotatable bonds is 5. The Bertz CT molecular complexity index is 380. The molecule has 1 aliphatic carbocycles. The van der Waals surface area contributed by atoms with Gasteiger partial charge in [-0.1, -0.05) is 32.1 Å². The largest absolute Gasteiger partial charge is 0.497 e. The summed E-state index contributed by atoms with van der Waals surface area (Å²) in [7, 11) is 1.67. The molecule has 3 nitrogen and oxygen atoms in total. The van der Waals surface area contributed by atoms with Gasteiger partial charge in [0.15, 0.2) is 0 Å². The molecule has 0 aliphatic heterocycles. The highest BCUT2D eigenvalue weighted by atomic mass is 16.5. The van der Waals surface area contributed by atoms with E-state index in [1.807, 2.05) is 24.3 Å². The molecule has 0 atom stereocenters. The molecule has 0 heterocycles. The topological polar surface area (TPSA) is 44.5 Å². The van der Waals surface area contributed by atoms with E-state index >= 15 is 0 Å². The minimum atomic E-state index is -0.0209. The van der Waals surface area contributed by atoms with Crippen LogP contribution in [0.5, 0.6) is 11.5 Å². The second kappa shape index (κ2) is 7.53. The molecule has 0 unspecified atom stereocenters. The van der Waals surface area contributed by atoms with Crippen molar-refractivity contribution in [1.29, 1.82) is 0 Å². The first-order valence-electron chi connectivity index (χ1n) is 7.78. The lowest BCUT2D eigenvalue weighted by Gasteiger charge is -2.31. The summed E-state index contributed by atoms with van der Waals surface area (Å²) in [6.07, 6.45) is 9.78. The number of nitrogens with two attached hydrogens (primary N) is 1. The first-order chi connectivity index (χ1) is 9.72. The van der Waals surface area contributed by atoms with E-state index < -0.39 is 0 Å². The molecule has 2 N–H and O–H groups in total. The third kappa shape index (κ3) is 4.71. The fraction of sp³-hybridized carbons (Fsp3) is 0.647. The Morgan fingerprint density at radius 2 is 1.50 bits per heavy atom. The van der Waals surface area contributed by atoms with Crippen molar-refractivity contribution < 1.29 is 9.47 Å². The Morgan fingerprint density at radius 1 is 0.950 bits per heavy atom. The smallest absolute Gasteiger partial charge is 0.119 e. The van der Waals surface area contributed by atoms with E-state index in [0.29, 0.717) is 6.61 Å². The summed E-state index contributed by atoms with van der Waals surface area (Å²) in [6.45, 7) is 0.697. The Kier molecular flexibility index (Phi) is 5.72. The van der Waals surface area contributed by atoms with E-state index in [4.69, 9.17) is 15.2 Å². The molecule has 1 aliphatic rings. The summed E-state index contributed by atoms with van der Waals surface area (Å²) in [5, 5.41) is 0. The number of ether oxygens (including phenoxy) is 2. The molecule has 2 rings (SSSR count). The van der Waals surface area contributed by atoms with Gasteiger partial charge in [-0.3, -0.25) is 0 Å². The minimum Gasteiger partial charge on any atom is -0.497 e. The summed E-state index contributed by atoms with van der Waals surface area (Å²) in [5.74, 6) is 1.74. The number of methoxy groups -OCH3 is 1. The highest BCUT2D eigenvalue weighted by Gasteiger charge is 2.25. The van der Waals surface area contributed by atoms with Crippen LogP contribution in [0.1, 0.15) is 51.4 Å². The first kappa shape index (κ1) is 15.2. The fourth-order valence-corrected chi connectivity index (χ4v) is 2.90. The molecule has 3 heteroatoms. The van der Waals surface area contributed by atoms with Crippen LogP contribution in [-0.4, -0.2) is 19.3 Å². The molecule has 0 amide bonds. The van der Waals surface area contributed by atoms with Crippen molar-refractivity contribution in [3.63, 3.8) is 0 Å². The van der Waals surface area contributed by atoms with Crippen LogP contribution in [0.3, 0.4) is 0 Å². The van der Waals surface area contributed by atoms with Crippen molar-refractivity contribution >= 4 is 0 Å². The lowest BCUT2D eigenvalue weighted by atomic mass is 9.82. The molecule has 0 radical (unpaired) electrons. The fourth-order valence-electron chi connectivity index (χ4n) is 2.90. The maximum Gasteiger partial charge on any atom is 0.119 e. The molecule has 20 heavy (non-hydrogen) atoms. The zero-order valence-corrected chi connectivity index (χ0v) is 12.6. The van der Waals surface area contributed by atoms with Crippen LogP contribution in [0.15, 0.2) is 24.3 Å². The monoisotopic (exact) mass is 277 g/mol. The average molecular weight is 277 g/mol. The van der Waals surface area contributed by atoms with Crippen LogP contribution in [0.4, 0.5) is 0 Å². The SMILES string of the molecule is COc1ccc(OCCC2(N)CCCCCCC2)cc1. The summed E-state index contributed by atoms with van der Waals surface area (Å²) >= 11 is 0. The molecule has 0 bridgehead atoms. The standard InChI is InChI=1S/C17H27NO2/c1-19-15-7-9-16(10-8-15)20-14-13-17(18)11-5-3-2-4-6-12-17/h7-10H,2-6,11-14,18H2,1H3. The van der Waals surface area contributed by atoms with Crippen LogP contribution in [0.2, 0.25) is 0 Å². The molecule has 1 saturated carbocycles. The summed E-state index contributed by atoms with van der Waals surface area (Å²) in [5.41, 5.74) is 6.52. The van der Waals surface area contributed by atoms with Crippen LogP contribution in [0.25, 0.3) is 0 Å². The van der Waals surface area contributed by atoms with Crippen molar-refractivity contribution in [3.05, 3.63) is 24.3 Å². The number of hydrogen-bond acceptors (Lipinski definition) is 3. The molecule has 1 fully saturated rings. The second-order valence-corrected chi connectivity index (χ2v) is 5.90. The highest BCUT2D eigenvalue weighted by Crippen LogP contribution is 2.27. The summed E-state index contributed by atoms with van der Waals surface area (Å²) in [4.78, 5) is 0. The molecule has 1 aromatic rings. The third-order valence-electron chi connectivity index (χ3n) is 4.28. The Morgan fingerprint density at radius 3 is 2.10 bits per heavy atom. The van der Waals surface area contributed by atoms with Gasteiger partial charge >= 0.3 is 0 Å². The maximum atomic E-state index is 6.54. The quantitative estimate of drug-likeness (QED) is 0.887. The van der Waals surface area contributed by atoms with Gasteiger partial charge in [-0.2, -0.15) is 0 Å². The van der Waals surface area contributed by atoms with E-state index in [-0.39, 0.29) is 5.54 Å². The maximum absolute atomic E-state index is 6.54. The van der Waals surface area contributed by atoms with Gasteiger partial charge in [0, 0.05) is 5.54 Å². The van der Waals surface area contributed by atoms with Gasteiger partial charge in [0.05, 0.1) is 13.7 Å². The molecular weight excluding hydrogens is 250 g/mol. The van der Waals surface area contributed by atoms with Crippen molar-refractivity contribution in [3.8, 4) is 11.5 Å². The van der Waals surface area contributed by atoms with Gasteiger partial charge in [-0.05, 0) is 43.5 Å². The third-order valence-corrected chi connectivity index (χ3v) is 4.28. The van der Waals surface area contributed by atoms with Crippen molar-refractivity contribution in [2.75, 3.05) is 13.7 Å². The Balaban J connectivity index is 1.78. The van der Waals surface area contributed by atoms with Crippen molar-refractivity contribution in [1.82, 2.24) is 0 Å². The lowest BCUT2D eigenvalue weighted by molar-refractivity contribution is 0.225. The number of hydrogen-bond donors (Lipinski definition) is 1. The predicted molar refractivity (Wildman–Crippen MR) is 82.3 cm³/mol. The molecular formula is C17H27NO2. The van der Waals surface area contributed by atoms with E-state index in [0.717, 1.165) is 30.8 Å². The van der Waals surface area contributed by atoms with Crippen molar-refractivity contribution in [2.45, 2.75) is 56.9 Å². The summed E-state index contributed by atoms with van der Waals surface area (Å²) in [6, 6.07) is 7.73. The van der Waals surface area contributed by atoms with Crippen LogP contribution in [-0.2, 0) is 0 Å². The van der Waals surface area contributed by atoms with Gasteiger partial charge < -0.3 is 15.2 Å². The van der Waals surface area contributed by atoms with Crippen molar-refractivity contribution in [2.24, 2.45) is 5.73 Å². The Labute approximate surface area is 122 Å². The van der Waals surface area contributed by atoms with Crippen LogP contribution >= 0.6 is 0 Å².